The molecule has 18 heavy (non-hydrogen) atoms. The highest BCUT2D eigenvalue weighted by Gasteiger charge is 2.21. The lowest BCUT2D eigenvalue weighted by molar-refractivity contribution is 0.0753. The van der Waals surface area contributed by atoms with Crippen LogP contribution in [0, 0.1) is 5.92 Å². The van der Waals surface area contributed by atoms with Gasteiger partial charge in [-0.2, -0.15) is 0 Å². The molecule has 1 aliphatic rings. The van der Waals surface area contributed by atoms with Crippen molar-refractivity contribution in [2.24, 2.45) is 5.92 Å². The van der Waals surface area contributed by atoms with E-state index in [-0.39, 0.29) is 11.5 Å². The fourth-order valence-corrected chi connectivity index (χ4v) is 2.52. The number of hydrogen-bond donors (Lipinski definition) is 1. The zero-order chi connectivity index (χ0) is 13.0. The van der Waals surface area contributed by atoms with Gasteiger partial charge in [-0.25, -0.2) is 0 Å². The highest BCUT2D eigenvalue weighted by atomic mass is 16.2. The van der Waals surface area contributed by atoms with Crippen LogP contribution >= 0.6 is 0 Å². The number of amides is 1. The first-order valence-electron chi connectivity index (χ1n) is 6.69. The number of likely N-dealkylation sites (tertiary alicyclic amines) is 1. The summed E-state index contributed by atoms with van der Waals surface area (Å²) in [7, 11) is 0. The summed E-state index contributed by atoms with van der Waals surface area (Å²) in [6.45, 7) is 3.80. The number of nitrogens with one attached hydrogen (secondary N) is 1. The molecule has 0 radical (unpaired) electrons. The van der Waals surface area contributed by atoms with Gasteiger partial charge in [-0.15, -0.1) is 0 Å². The molecule has 1 aliphatic heterocycles. The molecule has 1 N–H and O–H groups in total. The Morgan fingerprint density at radius 3 is 2.94 bits per heavy atom. The van der Waals surface area contributed by atoms with Gasteiger partial charge in [-0.05, 0) is 31.2 Å². The van der Waals surface area contributed by atoms with Gasteiger partial charge in [0, 0.05) is 19.2 Å². The fraction of sp³-hybridized carbons (Fsp3) is 0.571. The Kier molecular flexibility index (Phi) is 4.18. The highest BCUT2D eigenvalue weighted by Crippen LogP contribution is 2.20. The molecule has 0 aromatic carbocycles. The third-order valence-electron chi connectivity index (χ3n) is 3.71. The van der Waals surface area contributed by atoms with Crippen LogP contribution in [0.3, 0.4) is 0 Å². The maximum Gasteiger partial charge on any atom is 0.270 e. The predicted octanol–water partition coefficient (Wildman–Crippen LogP) is 2.03. The first-order valence-corrected chi connectivity index (χ1v) is 6.69. The lowest BCUT2D eigenvalue weighted by atomic mass is 9.98. The molecular weight excluding hydrogens is 228 g/mol. The van der Waals surface area contributed by atoms with Crippen LogP contribution in [-0.4, -0.2) is 28.9 Å². The lowest BCUT2D eigenvalue weighted by Gasteiger charge is -2.20. The normalized spacial score (nSPS) is 20.5. The van der Waals surface area contributed by atoms with Crippen molar-refractivity contribution in [1.82, 2.24) is 9.88 Å². The number of pyridine rings is 1. The van der Waals surface area contributed by atoms with Gasteiger partial charge < -0.3 is 9.88 Å². The summed E-state index contributed by atoms with van der Waals surface area (Å²) in [4.78, 5) is 27.9. The van der Waals surface area contributed by atoms with E-state index in [1.807, 2.05) is 4.90 Å². The van der Waals surface area contributed by atoms with Crippen LogP contribution in [0.4, 0.5) is 0 Å². The van der Waals surface area contributed by atoms with E-state index in [1.165, 1.54) is 18.9 Å². The molecule has 1 aromatic heterocycles. The molecule has 2 heterocycles. The number of carbonyl (C=O) groups excluding carboxylic acids is 1. The maximum absolute atomic E-state index is 12.3. The second kappa shape index (κ2) is 5.85. The van der Waals surface area contributed by atoms with E-state index in [9.17, 15) is 9.59 Å². The molecule has 1 amide bonds. The van der Waals surface area contributed by atoms with Crippen molar-refractivity contribution in [3.05, 3.63) is 34.2 Å². The molecule has 1 aromatic rings. The van der Waals surface area contributed by atoms with Gasteiger partial charge in [0.05, 0.1) is 0 Å². The lowest BCUT2D eigenvalue weighted by Crippen LogP contribution is -2.33. The van der Waals surface area contributed by atoms with E-state index in [1.54, 1.807) is 12.1 Å². The Labute approximate surface area is 107 Å². The minimum absolute atomic E-state index is 0.0514. The second-order valence-electron chi connectivity index (χ2n) is 4.93. The maximum atomic E-state index is 12.3. The van der Waals surface area contributed by atoms with E-state index in [2.05, 4.69) is 11.9 Å². The number of carbonyl (C=O) groups is 1. The number of nitrogens with zero attached hydrogens (tertiary/aromatic N) is 1. The minimum Gasteiger partial charge on any atom is -0.337 e. The first kappa shape index (κ1) is 12.9. The molecule has 1 unspecified atom stereocenters. The Hall–Kier alpha value is -1.58. The summed E-state index contributed by atoms with van der Waals surface area (Å²) in [6.07, 6.45) is 4.51. The minimum atomic E-state index is -0.220. The fourth-order valence-electron chi connectivity index (χ4n) is 2.52. The molecule has 98 valence electrons. The Bertz CT molecular complexity index is 467. The average Bonchev–Trinajstić information content (AvgIpc) is 2.63. The van der Waals surface area contributed by atoms with Gasteiger partial charge in [0.2, 0.25) is 5.56 Å². The van der Waals surface area contributed by atoms with Crippen molar-refractivity contribution in [2.45, 2.75) is 32.6 Å². The zero-order valence-electron chi connectivity index (χ0n) is 10.8. The van der Waals surface area contributed by atoms with Gasteiger partial charge in [0.25, 0.3) is 5.91 Å². The number of hydrogen-bond acceptors (Lipinski definition) is 2. The van der Waals surface area contributed by atoms with Crippen molar-refractivity contribution in [3.8, 4) is 0 Å². The van der Waals surface area contributed by atoms with Crippen LogP contribution in [0.15, 0.2) is 23.0 Å². The van der Waals surface area contributed by atoms with Gasteiger partial charge >= 0.3 is 0 Å². The standard InChI is InChI=1S/C14H20N2O2/c1-2-11-5-4-9-16(10-8-11)14(18)12-6-3-7-13(17)15-12/h3,6-7,11H,2,4-5,8-10H2,1H3,(H,15,17). The number of aromatic nitrogens is 1. The molecule has 0 spiro atoms. The van der Waals surface area contributed by atoms with Crippen molar-refractivity contribution < 1.29 is 4.79 Å². The molecule has 4 heteroatoms. The molecule has 1 fully saturated rings. The van der Waals surface area contributed by atoms with E-state index in [0.29, 0.717) is 5.69 Å². The molecule has 4 nitrogen and oxygen atoms in total. The van der Waals surface area contributed by atoms with Crippen LogP contribution in [0.1, 0.15) is 43.1 Å². The van der Waals surface area contributed by atoms with Crippen LogP contribution in [0.5, 0.6) is 0 Å². The van der Waals surface area contributed by atoms with Gasteiger partial charge in [-0.3, -0.25) is 9.59 Å². The summed E-state index contributed by atoms with van der Waals surface area (Å²) in [5, 5.41) is 0. The summed E-state index contributed by atoms with van der Waals surface area (Å²) < 4.78 is 0. The number of H-pyrrole nitrogens is 1. The second-order valence-corrected chi connectivity index (χ2v) is 4.93. The first-order chi connectivity index (χ1) is 8.70. The number of rotatable bonds is 2. The Morgan fingerprint density at radius 1 is 1.39 bits per heavy atom. The average molecular weight is 248 g/mol. The molecule has 2 rings (SSSR count). The summed E-state index contributed by atoms with van der Waals surface area (Å²) in [6, 6.07) is 4.72. The Balaban J connectivity index is 2.07. The molecular formula is C14H20N2O2. The van der Waals surface area contributed by atoms with Crippen molar-refractivity contribution in [3.63, 3.8) is 0 Å². The van der Waals surface area contributed by atoms with Crippen LogP contribution in [0.25, 0.3) is 0 Å². The topological polar surface area (TPSA) is 53.2 Å². The third kappa shape index (κ3) is 3.00. The Morgan fingerprint density at radius 2 is 2.22 bits per heavy atom. The summed E-state index contributed by atoms with van der Waals surface area (Å²) >= 11 is 0. The number of aromatic amines is 1. The van der Waals surface area contributed by atoms with E-state index >= 15 is 0 Å². The van der Waals surface area contributed by atoms with Gasteiger partial charge in [-0.1, -0.05) is 19.4 Å². The van der Waals surface area contributed by atoms with Crippen molar-refractivity contribution >= 4 is 5.91 Å². The summed E-state index contributed by atoms with van der Waals surface area (Å²) in [5.41, 5.74) is 0.180. The van der Waals surface area contributed by atoms with Crippen molar-refractivity contribution in [1.29, 1.82) is 0 Å². The van der Waals surface area contributed by atoms with Crippen LogP contribution < -0.4 is 5.56 Å². The van der Waals surface area contributed by atoms with E-state index in [0.717, 1.165) is 31.8 Å². The van der Waals surface area contributed by atoms with E-state index < -0.39 is 0 Å². The molecule has 0 saturated carbocycles. The highest BCUT2D eigenvalue weighted by molar-refractivity contribution is 5.92. The smallest absolute Gasteiger partial charge is 0.270 e. The monoisotopic (exact) mass is 248 g/mol. The van der Waals surface area contributed by atoms with Gasteiger partial charge in [0.15, 0.2) is 0 Å². The summed E-state index contributed by atoms with van der Waals surface area (Å²) in [5.74, 6) is 0.682. The van der Waals surface area contributed by atoms with E-state index in [4.69, 9.17) is 0 Å². The predicted molar refractivity (Wildman–Crippen MR) is 70.6 cm³/mol. The van der Waals surface area contributed by atoms with Crippen molar-refractivity contribution in [2.75, 3.05) is 13.1 Å². The molecule has 1 atom stereocenters. The third-order valence-corrected chi connectivity index (χ3v) is 3.71. The molecule has 1 saturated heterocycles. The largest absolute Gasteiger partial charge is 0.337 e. The SMILES string of the molecule is CCC1CCCN(C(=O)c2cccc(=O)[nH]2)CC1. The zero-order valence-corrected chi connectivity index (χ0v) is 10.8. The molecule has 0 bridgehead atoms. The van der Waals surface area contributed by atoms with Crippen LogP contribution in [-0.2, 0) is 0 Å². The van der Waals surface area contributed by atoms with Gasteiger partial charge in [0.1, 0.15) is 5.69 Å². The quantitative estimate of drug-likeness (QED) is 0.870. The van der Waals surface area contributed by atoms with Crippen LogP contribution in [0.2, 0.25) is 0 Å². The molecule has 0 aliphatic carbocycles.